The quantitative estimate of drug-likeness (QED) is 0.707. The Hall–Kier alpha value is -3.10. The van der Waals surface area contributed by atoms with E-state index in [1.165, 1.54) is 23.1 Å². The number of methoxy groups -OCH3 is 1. The van der Waals surface area contributed by atoms with Crippen LogP contribution in [0.2, 0.25) is 0 Å². The number of hydrogen-bond acceptors (Lipinski definition) is 7. The van der Waals surface area contributed by atoms with Crippen LogP contribution in [0.5, 0.6) is 0 Å². The minimum absolute atomic E-state index is 0.397. The Balaban J connectivity index is 1.65. The summed E-state index contributed by atoms with van der Waals surface area (Å²) in [5.41, 5.74) is 3.40. The van der Waals surface area contributed by atoms with E-state index in [1.54, 1.807) is 7.05 Å². The van der Waals surface area contributed by atoms with Gasteiger partial charge in [0.05, 0.1) is 7.11 Å². The van der Waals surface area contributed by atoms with Crippen LogP contribution >= 0.6 is 0 Å². The van der Waals surface area contributed by atoms with Gasteiger partial charge in [-0.3, -0.25) is 14.5 Å². The van der Waals surface area contributed by atoms with E-state index in [9.17, 15) is 14.4 Å². The number of ether oxygens (including phenoxy) is 1. The van der Waals surface area contributed by atoms with Crippen molar-refractivity contribution >= 4 is 29.6 Å². The molecule has 3 aliphatic rings. The second kappa shape index (κ2) is 6.50. The van der Waals surface area contributed by atoms with Gasteiger partial charge in [0.15, 0.2) is 12.2 Å². The molecule has 0 aromatic heterocycles. The van der Waals surface area contributed by atoms with Gasteiger partial charge in [-0.2, -0.15) is 0 Å². The monoisotopic (exact) mass is 385 g/mol. The fourth-order valence-corrected chi connectivity index (χ4v) is 3.91. The van der Waals surface area contributed by atoms with E-state index in [2.05, 4.69) is 35.6 Å². The zero-order chi connectivity index (χ0) is 20.2. The third-order valence-corrected chi connectivity index (χ3v) is 5.69. The van der Waals surface area contributed by atoms with Crippen molar-refractivity contribution in [3.05, 3.63) is 29.3 Å². The van der Waals surface area contributed by atoms with E-state index in [0.717, 1.165) is 10.6 Å². The third kappa shape index (κ3) is 2.61. The summed E-state index contributed by atoms with van der Waals surface area (Å²) in [6.07, 6.45) is -0.599. The van der Waals surface area contributed by atoms with E-state index >= 15 is 0 Å². The fourth-order valence-electron chi connectivity index (χ4n) is 3.91. The second-order valence-corrected chi connectivity index (χ2v) is 7.30. The van der Waals surface area contributed by atoms with Crippen LogP contribution in [0.4, 0.5) is 10.5 Å². The molecule has 4 rings (SSSR count). The van der Waals surface area contributed by atoms with Gasteiger partial charge in [0.1, 0.15) is 6.54 Å². The van der Waals surface area contributed by atoms with Crippen LogP contribution in [0.3, 0.4) is 0 Å². The van der Waals surface area contributed by atoms with Crippen molar-refractivity contribution in [3.8, 4) is 0 Å². The highest BCUT2D eigenvalue weighted by atomic mass is 16.5. The van der Waals surface area contributed by atoms with E-state index in [4.69, 9.17) is 4.99 Å². The van der Waals surface area contributed by atoms with E-state index in [0.29, 0.717) is 19.0 Å². The highest BCUT2D eigenvalue weighted by molar-refractivity contribution is 6.08. The van der Waals surface area contributed by atoms with E-state index < -0.39 is 36.7 Å². The standard InChI is InChI=1S/C19H23N5O4/c1-11-5-6-13(9-12(11)2)22-7-8-23-15-16(20-18(22)23)21(3)19(27)24(17(15)26)10-14(25)28-4/h5-6,9,15-16H,7-8,10H2,1-4H3. The highest BCUT2D eigenvalue weighted by Crippen LogP contribution is 2.33. The van der Waals surface area contributed by atoms with E-state index in [-0.39, 0.29) is 0 Å². The number of urea groups is 1. The zero-order valence-electron chi connectivity index (χ0n) is 16.4. The van der Waals surface area contributed by atoms with Crippen LogP contribution in [0.1, 0.15) is 11.1 Å². The van der Waals surface area contributed by atoms with Gasteiger partial charge >= 0.3 is 12.0 Å². The molecular weight excluding hydrogens is 362 g/mol. The number of fused-ring (bicyclic) bond motifs is 3. The lowest BCUT2D eigenvalue weighted by Crippen LogP contribution is -2.65. The first-order valence-electron chi connectivity index (χ1n) is 9.17. The summed E-state index contributed by atoms with van der Waals surface area (Å²) in [4.78, 5) is 48.4. The molecule has 0 N–H and O–H groups in total. The van der Waals surface area contributed by atoms with Gasteiger partial charge in [-0.05, 0) is 37.1 Å². The van der Waals surface area contributed by atoms with Crippen LogP contribution in [0.15, 0.2) is 23.2 Å². The molecule has 1 aromatic carbocycles. The van der Waals surface area contributed by atoms with Crippen molar-refractivity contribution in [3.63, 3.8) is 0 Å². The zero-order valence-corrected chi connectivity index (χ0v) is 16.4. The number of rotatable bonds is 3. The average Bonchev–Trinajstić information content (AvgIpc) is 3.24. The Morgan fingerprint density at radius 3 is 2.64 bits per heavy atom. The minimum Gasteiger partial charge on any atom is -0.468 e. The van der Waals surface area contributed by atoms with Crippen molar-refractivity contribution in [2.75, 3.05) is 38.7 Å². The first-order chi connectivity index (χ1) is 13.3. The van der Waals surface area contributed by atoms with Gasteiger partial charge in [0.2, 0.25) is 5.96 Å². The van der Waals surface area contributed by atoms with Gasteiger partial charge in [0.25, 0.3) is 5.91 Å². The number of imide groups is 1. The summed E-state index contributed by atoms with van der Waals surface area (Å²) in [5, 5.41) is 0. The number of carbonyl (C=O) groups excluding carboxylic acids is 3. The normalized spacial score (nSPS) is 23.8. The number of nitrogens with zero attached hydrogens (tertiary/aromatic N) is 5. The molecule has 2 atom stereocenters. The van der Waals surface area contributed by atoms with E-state index in [1.807, 2.05) is 11.0 Å². The summed E-state index contributed by atoms with van der Waals surface area (Å²) in [6, 6.07) is 5.04. The molecule has 0 saturated carbocycles. The average molecular weight is 385 g/mol. The SMILES string of the molecule is COC(=O)CN1C(=O)C2C(N=C3N(c4ccc(C)c(C)c4)CCN32)N(C)C1=O. The molecule has 3 aliphatic heterocycles. The van der Waals surface area contributed by atoms with Gasteiger partial charge in [-0.1, -0.05) is 6.07 Å². The summed E-state index contributed by atoms with van der Waals surface area (Å²) in [5.74, 6) is -0.365. The molecule has 0 spiro atoms. The number of amides is 3. The van der Waals surface area contributed by atoms with Crippen LogP contribution < -0.4 is 4.90 Å². The van der Waals surface area contributed by atoms with Crippen molar-refractivity contribution in [1.82, 2.24) is 14.7 Å². The predicted octanol–water partition coefficient (Wildman–Crippen LogP) is 0.557. The van der Waals surface area contributed by atoms with Crippen molar-refractivity contribution < 1.29 is 19.1 Å². The van der Waals surface area contributed by atoms with Gasteiger partial charge in [0, 0.05) is 25.8 Å². The number of esters is 1. The topological polar surface area (TPSA) is 85.8 Å². The molecule has 148 valence electrons. The highest BCUT2D eigenvalue weighted by Gasteiger charge is 2.55. The lowest BCUT2D eigenvalue weighted by molar-refractivity contribution is -0.148. The molecule has 2 fully saturated rings. The maximum atomic E-state index is 13.0. The Morgan fingerprint density at radius 1 is 1.21 bits per heavy atom. The molecule has 0 bridgehead atoms. The Morgan fingerprint density at radius 2 is 1.96 bits per heavy atom. The molecule has 3 amide bonds. The summed E-state index contributed by atoms with van der Waals surface area (Å²) in [7, 11) is 2.83. The second-order valence-electron chi connectivity index (χ2n) is 7.30. The molecule has 0 radical (unpaired) electrons. The minimum atomic E-state index is -0.633. The molecular formula is C19H23N5O4. The number of aryl methyl sites for hydroxylation is 2. The van der Waals surface area contributed by atoms with Gasteiger partial charge < -0.3 is 19.4 Å². The maximum absolute atomic E-state index is 13.0. The first-order valence-corrected chi connectivity index (χ1v) is 9.17. The molecule has 3 heterocycles. The Bertz CT molecular complexity index is 898. The molecule has 28 heavy (non-hydrogen) atoms. The number of aliphatic imine (C=N–C) groups is 1. The Kier molecular flexibility index (Phi) is 4.24. The molecule has 1 aromatic rings. The fraction of sp³-hybridized carbons (Fsp3) is 0.474. The molecule has 9 nitrogen and oxygen atoms in total. The number of carbonyl (C=O) groups is 3. The van der Waals surface area contributed by atoms with Crippen LogP contribution in [0, 0.1) is 13.8 Å². The third-order valence-electron chi connectivity index (χ3n) is 5.69. The van der Waals surface area contributed by atoms with Crippen molar-refractivity contribution in [2.45, 2.75) is 26.1 Å². The largest absolute Gasteiger partial charge is 0.468 e. The number of likely N-dealkylation sites (N-methyl/N-ethyl adjacent to an activating group) is 1. The van der Waals surface area contributed by atoms with Gasteiger partial charge in [-0.15, -0.1) is 0 Å². The predicted molar refractivity (Wildman–Crippen MR) is 102 cm³/mol. The first kappa shape index (κ1) is 18.3. The summed E-state index contributed by atoms with van der Waals surface area (Å²) in [6.45, 7) is 5.04. The van der Waals surface area contributed by atoms with Crippen molar-refractivity contribution in [2.24, 2.45) is 4.99 Å². The van der Waals surface area contributed by atoms with Gasteiger partial charge in [-0.25, -0.2) is 9.79 Å². The molecule has 2 unspecified atom stereocenters. The number of hydrogen-bond donors (Lipinski definition) is 0. The number of guanidine groups is 1. The lowest BCUT2D eigenvalue weighted by Gasteiger charge is -2.40. The molecule has 0 aliphatic carbocycles. The Labute approximate surface area is 163 Å². The molecule has 9 heteroatoms. The lowest BCUT2D eigenvalue weighted by atomic mass is 10.1. The number of benzene rings is 1. The van der Waals surface area contributed by atoms with Crippen molar-refractivity contribution in [1.29, 1.82) is 0 Å². The summed E-state index contributed by atoms with van der Waals surface area (Å²) >= 11 is 0. The maximum Gasteiger partial charge on any atom is 0.328 e. The van der Waals surface area contributed by atoms with Crippen LogP contribution in [0.25, 0.3) is 0 Å². The molecule has 2 saturated heterocycles. The summed E-state index contributed by atoms with van der Waals surface area (Å²) < 4.78 is 4.62. The number of anilines is 1. The smallest absolute Gasteiger partial charge is 0.328 e. The van der Waals surface area contributed by atoms with Crippen LogP contribution in [-0.4, -0.2) is 84.6 Å². The van der Waals surface area contributed by atoms with Crippen LogP contribution in [-0.2, 0) is 14.3 Å².